The van der Waals surface area contributed by atoms with Crippen LogP contribution < -0.4 is 10.6 Å². The number of carbonyl (C=O) groups is 2. The molecule has 5 heteroatoms. The van der Waals surface area contributed by atoms with Crippen LogP contribution in [-0.4, -0.2) is 30.1 Å². The molecule has 2 rings (SSSR count). The molecule has 1 saturated heterocycles. The molecule has 1 aromatic carbocycles. The van der Waals surface area contributed by atoms with Crippen molar-refractivity contribution in [2.45, 2.75) is 13.8 Å². The topological polar surface area (TPSA) is 78.4 Å². The van der Waals surface area contributed by atoms with Gasteiger partial charge in [0.25, 0.3) is 0 Å². The minimum atomic E-state index is -0.994. The summed E-state index contributed by atoms with van der Waals surface area (Å²) in [7, 11) is 0. The van der Waals surface area contributed by atoms with Crippen molar-refractivity contribution in [3.05, 3.63) is 29.3 Å². The molecule has 1 heterocycles. The number of carboxylic acid groups (broad SMARTS) is 1. The number of benzene rings is 1. The number of amides is 1. The highest BCUT2D eigenvalue weighted by Gasteiger charge is 2.29. The number of hydrogen-bond donors (Lipinski definition) is 3. The van der Waals surface area contributed by atoms with Crippen molar-refractivity contribution in [1.82, 2.24) is 5.32 Å². The molecule has 0 spiro atoms. The van der Waals surface area contributed by atoms with Gasteiger partial charge < -0.3 is 15.7 Å². The molecule has 0 radical (unpaired) electrons. The van der Waals surface area contributed by atoms with Crippen LogP contribution in [0.4, 0.5) is 5.69 Å². The summed E-state index contributed by atoms with van der Waals surface area (Å²) in [6.07, 6.45) is 0. The fourth-order valence-electron chi connectivity index (χ4n) is 2.28. The monoisotopic (exact) mass is 262 g/mol. The molecule has 0 bridgehead atoms. The van der Waals surface area contributed by atoms with E-state index >= 15 is 0 Å². The van der Waals surface area contributed by atoms with E-state index in [0.717, 1.165) is 12.1 Å². The molecule has 5 nitrogen and oxygen atoms in total. The highest BCUT2D eigenvalue weighted by Crippen LogP contribution is 2.21. The molecule has 1 fully saturated rings. The number of aromatic carboxylic acids is 1. The Hall–Kier alpha value is -1.88. The Balaban J connectivity index is 2.16. The van der Waals surface area contributed by atoms with Gasteiger partial charge in [-0.05, 0) is 37.1 Å². The van der Waals surface area contributed by atoms with Gasteiger partial charge in [0.2, 0.25) is 5.91 Å². The predicted molar refractivity (Wildman–Crippen MR) is 72.3 cm³/mol. The quantitative estimate of drug-likeness (QED) is 0.771. The van der Waals surface area contributed by atoms with Gasteiger partial charge in [-0.1, -0.05) is 13.0 Å². The summed E-state index contributed by atoms with van der Waals surface area (Å²) in [6.45, 7) is 5.39. The first-order valence-electron chi connectivity index (χ1n) is 6.34. The Morgan fingerprint density at radius 1 is 1.37 bits per heavy atom. The van der Waals surface area contributed by atoms with Gasteiger partial charge in [-0.15, -0.1) is 0 Å². The first-order chi connectivity index (χ1) is 8.99. The van der Waals surface area contributed by atoms with Crippen molar-refractivity contribution in [2.24, 2.45) is 11.8 Å². The molecule has 102 valence electrons. The lowest BCUT2D eigenvalue weighted by Gasteiger charge is -2.15. The molecule has 1 aromatic rings. The third kappa shape index (κ3) is 2.93. The maximum atomic E-state index is 12.2. The number of hydrogen-bond acceptors (Lipinski definition) is 3. The minimum Gasteiger partial charge on any atom is -0.478 e. The van der Waals surface area contributed by atoms with E-state index in [0.29, 0.717) is 18.2 Å². The number of carboxylic acids is 1. The van der Waals surface area contributed by atoms with Crippen LogP contribution >= 0.6 is 0 Å². The molecule has 19 heavy (non-hydrogen) atoms. The summed E-state index contributed by atoms with van der Waals surface area (Å²) in [5.74, 6) is -0.814. The van der Waals surface area contributed by atoms with Crippen LogP contribution in [0.1, 0.15) is 22.8 Å². The zero-order valence-electron chi connectivity index (χ0n) is 11.1. The maximum absolute atomic E-state index is 12.2. The second-order valence-corrected chi connectivity index (χ2v) is 5.07. The Morgan fingerprint density at radius 3 is 2.68 bits per heavy atom. The molecular weight excluding hydrogens is 244 g/mol. The van der Waals surface area contributed by atoms with Gasteiger partial charge in [0.1, 0.15) is 0 Å². The average Bonchev–Trinajstić information content (AvgIpc) is 2.78. The van der Waals surface area contributed by atoms with Crippen LogP contribution in [0.2, 0.25) is 0 Å². The van der Waals surface area contributed by atoms with Crippen LogP contribution in [0, 0.1) is 18.8 Å². The Bertz CT molecular complexity index is 513. The lowest BCUT2D eigenvalue weighted by Crippen LogP contribution is -2.28. The zero-order chi connectivity index (χ0) is 14.0. The van der Waals surface area contributed by atoms with E-state index in [9.17, 15) is 9.59 Å². The lowest BCUT2D eigenvalue weighted by atomic mass is 9.97. The van der Waals surface area contributed by atoms with Crippen molar-refractivity contribution in [3.8, 4) is 0 Å². The molecule has 0 aliphatic carbocycles. The first kappa shape index (κ1) is 13.5. The van der Waals surface area contributed by atoms with Crippen LogP contribution in [0.15, 0.2) is 18.2 Å². The van der Waals surface area contributed by atoms with Gasteiger partial charge in [-0.2, -0.15) is 0 Å². The first-order valence-corrected chi connectivity index (χ1v) is 6.34. The summed E-state index contributed by atoms with van der Waals surface area (Å²) in [6, 6.07) is 4.74. The van der Waals surface area contributed by atoms with Gasteiger partial charge in [0.15, 0.2) is 0 Å². The van der Waals surface area contributed by atoms with Crippen LogP contribution in [0.25, 0.3) is 0 Å². The van der Waals surface area contributed by atoms with E-state index in [1.165, 1.54) is 12.1 Å². The number of carbonyl (C=O) groups excluding carboxylic acids is 1. The molecule has 2 unspecified atom stereocenters. The van der Waals surface area contributed by atoms with Crippen molar-refractivity contribution >= 4 is 17.6 Å². The summed E-state index contributed by atoms with van der Waals surface area (Å²) < 4.78 is 0. The molecule has 1 aliphatic rings. The third-order valence-electron chi connectivity index (χ3n) is 3.60. The largest absolute Gasteiger partial charge is 0.478 e. The van der Waals surface area contributed by atoms with E-state index < -0.39 is 5.97 Å². The van der Waals surface area contributed by atoms with Gasteiger partial charge in [0.05, 0.1) is 11.5 Å². The molecule has 0 aromatic heterocycles. The van der Waals surface area contributed by atoms with Crippen LogP contribution in [0.5, 0.6) is 0 Å². The molecule has 2 atom stereocenters. The third-order valence-corrected chi connectivity index (χ3v) is 3.60. The normalized spacial score (nSPS) is 22.2. The molecule has 1 amide bonds. The fraction of sp³-hybridized carbons (Fsp3) is 0.429. The Labute approximate surface area is 112 Å². The van der Waals surface area contributed by atoms with E-state index in [2.05, 4.69) is 10.6 Å². The lowest BCUT2D eigenvalue weighted by molar-refractivity contribution is -0.120. The van der Waals surface area contributed by atoms with Crippen molar-refractivity contribution in [2.75, 3.05) is 18.4 Å². The number of nitrogens with one attached hydrogen (secondary N) is 2. The van der Waals surface area contributed by atoms with Gasteiger partial charge in [-0.3, -0.25) is 4.79 Å². The van der Waals surface area contributed by atoms with E-state index in [-0.39, 0.29) is 17.4 Å². The van der Waals surface area contributed by atoms with Gasteiger partial charge in [-0.25, -0.2) is 4.79 Å². The van der Waals surface area contributed by atoms with Crippen molar-refractivity contribution in [1.29, 1.82) is 0 Å². The Morgan fingerprint density at radius 2 is 2.11 bits per heavy atom. The number of rotatable bonds is 3. The minimum absolute atomic E-state index is 0.0526. The standard InChI is InChI=1S/C14H18N2O3/c1-8-3-4-10(14(18)19)5-12(8)16-13(17)11-7-15-6-9(11)2/h3-5,9,11,15H,6-7H2,1-2H3,(H,16,17)(H,18,19). The molecular formula is C14H18N2O3. The Kier molecular flexibility index (Phi) is 3.85. The molecule has 1 aliphatic heterocycles. The molecule has 3 N–H and O–H groups in total. The summed E-state index contributed by atoms with van der Waals surface area (Å²) in [5.41, 5.74) is 1.61. The zero-order valence-corrected chi connectivity index (χ0v) is 11.1. The van der Waals surface area contributed by atoms with Crippen LogP contribution in [-0.2, 0) is 4.79 Å². The highest BCUT2D eigenvalue weighted by atomic mass is 16.4. The van der Waals surface area contributed by atoms with Gasteiger partial charge >= 0.3 is 5.97 Å². The predicted octanol–water partition coefficient (Wildman–Crippen LogP) is 1.49. The van der Waals surface area contributed by atoms with E-state index in [4.69, 9.17) is 5.11 Å². The maximum Gasteiger partial charge on any atom is 0.335 e. The number of anilines is 1. The number of aryl methyl sites for hydroxylation is 1. The summed E-state index contributed by atoms with van der Waals surface area (Å²) in [4.78, 5) is 23.1. The second-order valence-electron chi connectivity index (χ2n) is 5.07. The fourth-order valence-corrected chi connectivity index (χ4v) is 2.28. The van der Waals surface area contributed by atoms with Crippen LogP contribution in [0.3, 0.4) is 0 Å². The van der Waals surface area contributed by atoms with E-state index in [1.807, 2.05) is 13.8 Å². The smallest absolute Gasteiger partial charge is 0.335 e. The molecule has 0 saturated carbocycles. The summed E-state index contributed by atoms with van der Waals surface area (Å²) >= 11 is 0. The van der Waals surface area contributed by atoms with Gasteiger partial charge in [0, 0.05) is 12.2 Å². The SMILES string of the molecule is Cc1ccc(C(=O)O)cc1NC(=O)C1CNCC1C. The highest BCUT2D eigenvalue weighted by molar-refractivity contribution is 5.96. The summed E-state index contributed by atoms with van der Waals surface area (Å²) in [5, 5.41) is 15.0. The average molecular weight is 262 g/mol. The van der Waals surface area contributed by atoms with Crippen molar-refractivity contribution < 1.29 is 14.7 Å². The van der Waals surface area contributed by atoms with Crippen molar-refractivity contribution in [3.63, 3.8) is 0 Å². The second kappa shape index (κ2) is 5.40. The van der Waals surface area contributed by atoms with E-state index in [1.54, 1.807) is 6.07 Å².